The fraction of sp³-hybridized carbons (Fsp3) is 0.273. The highest BCUT2D eigenvalue weighted by molar-refractivity contribution is 7.13. The number of carbonyl (C=O) groups is 1. The van der Waals surface area contributed by atoms with E-state index in [1.54, 1.807) is 25.4 Å². The van der Waals surface area contributed by atoms with Gasteiger partial charge < -0.3 is 5.32 Å². The Bertz CT molecular complexity index is 618. The summed E-state index contributed by atoms with van der Waals surface area (Å²) in [6, 6.07) is 1.41. The summed E-state index contributed by atoms with van der Waals surface area (Å²) in [4.78, 5) is 31.6. The van der Waals surface area contributed by atoms with Crippen molar-refractivity contribution in [1.82, 2.24) is 14.5 Å². The maximum atomic E-state index is 11.7. The van der Waals surface area contributed by atoms with Gasteiger partial charge in [-0.1, -0.05) is 0 Å². The van der Waals surface area contributed by atoms with Crippen molar-refractivity contribution in [2.45, 2.75) is 20.4 Å². The van der Waals surface area contributed by atoms with E-state index in [4.69, 9.17) is 0 Å². The van der Waals surface area contributed by atoms with Crippen LogP contribution < -0.4 is 10.9 Å². The molecule has 18 heavy (non-hydrogen) atoms. The van der Waals surface area contributed by atoms with Gasteiger partial charge in [-0.2, -0.15) is 0 Å². The molecule has 2 aromatic rings. The monoisotopic (exact) mass is 264 g/mol. The number of aromatic nitrogens is 3. The molecule has 0 saturated heterocycles. The standard InChI is InChI=1S/C11H12N4O2S/c1-7-5-10(17)15(8(2)13-7)6-9(16)14-11-12-3-4-18-11/h3-5H,6H2,1-2H3,(H,12,14,16). The number of nitrogens with zero attached hydrogens (tertiary/aromatic N) is 3. The summed E-state index contributed by atoms with van der Waals surface area (Å²) in [7, 11) is 0. The first-order chi connectivity index (χ1) is 8.56. The van der Waals surface area contributed by atoms with Crippen LogP contribution in [0.3, 0.4) is 0 Å². The van der Waals surface area contributed by atoms with Crippen LogP contribution in [0.25, 0.3) is 0 Å². The van der Waals surface area contributed by atoms with Gasteiger partial charge in [0.1, 0.15) is 12.4 Å². The molecule has 0 radical (unpaired) electrons. The number of nitrogens with one attached hydrogen (secondary N) is 1. The zero-order chi connectivity index (χ0) is 13.1. The van der Waals surface area contributed by atoms with Gasteiger partial charge in [-0.15, -0.1) is 11.3 Å². The largest absolute Gasteiger partial charge is 0.300 e. The highest BCUT2D eigenvalue weighted by Gasteiger charge is 2.09. The predicted molar refractivity (Wildman–Crippen MR) is 68.7 cm³/mol. The van der Waals surface area contributed by atoms with E-state index in [1.165, 1.54) is 22.0 Å². The van der Waals surface area contributed by atoms with Crippen LogP contribution in [0.15, 0.2) is 22.4 Å². The molecule has 0 unspecified atom stereocenters. The Morgan fingerprint density at radius 3 is 2.89 bits per heavy atom. The molecule has 7 heteroatoms. The van der Waals surface area contributed by atoms with Crippen LogP contribution in [0.2, 0.25) is 0 Å². The summed E-state index contributed by atoms with van der Waals surface area (Å²) in [5.74, 6) is 0.232. The number of carbonyl (C=O) groups excluding carboxylic acids is 1. The number of thiazole rings is 1. The zero-order valence-corrected chi connectivity index (χ0v) is 10.8. The number of aryl methyl sites for hydroxylation is 2. The maximum Gasteiger partial charge on any atom is 0.254 e. The van der Waals surface area contributed by atoms with Crippen molar-refractivity contribution in [3.05, 3.63) is 39.5 Å². The number of rotatable bonds is 3. The van der Waals surface area contributed by atoms with Gasteiger partial charge in [-0.3, -0.25) is 14.2 Å². The first-order valence-electron chi connectivity index (χ1n) is 5.30. The second-order valence-electron chi connectivity index (χ2n) is 3.75. The van der Waals surface area contributed by atoms with Gasteiger partial charge in [0.2, 0.25) is 5.91 Å². The first kappa shape index (κ1) is 12.4. The van der Waals surface area contributed by atoms with E-state index in [-0.39, 0.29) is 18.0 Å². The van der Waals surface area contributed by atoms with Crippen molar-refractivity contribution in [1.29, 1.82) is 0 Å². The lowest BCUT2D eigenvalue weighted by atomic mass is 10.4. The van der Waals surface area contributed by atoms with Crippen LogP contribution >= 0.6 is 11.3 Å². The molecule has 2 aromatic heterocycles. The van der Waals surface area contributed by atoms with E-state index in [9.17, 15) is 9.59 Å². The van der Waals surface area contributed by atoms with Gasteiger partial charge >= 0.3 is 0 Å². The molecule has 0 spiro atoms. The third kappa shape index (κ3) is 2.80. The number of anilines is 1. The summed E-state index contributed by atoms with van der Waals surface area (Å²) in [6.07, 6.45) is 1.60. The Morgan fingerprint density at radius 2 is 2.28 bits per heavy atom. The molecular formula is C11H12N4O2S. The SMILES string of the molecule is Cc1cc(=O)n(CC(=O)Nc2nccs2)c(C)n1. The van der Waals surface area contributed by atoms with Crippen molar-refractivity contribution in [3.63, 3.8) is 0 Å². The fourth-order valence-corrected chi connectivity index (χ4v) is 2.09. The molecule has 0 aliphatic carbocycles. The Balaban J connectivity index is 2.15. The lowest BCUT2D eigenvalue weighted by molar-refractivity contribution is -0.116. The summed E-state index contributed by atoms with van der Waals surface area (Å²) < 4.78 is 1.33. The quantitative estimate of drug-likeness (QED) is 0.895. The van der Waals surface area contributed by atoms with Gasteiger partial charge in [-0.05, 0) is 13.8 Å². The van der Waals surface area contributed by atoms with E-state index >= 15 is 0 Å². The minimum atomic E-state index is -0.291. The van der Waals surface area contributed by atoms with E-state index in [0.29, 0.717) is 16.6 Å². The lowest BCUT2D eigenvalue weighted by Gasteiger charge is -2.08. The topological polar surface area (TPSA) is 76.9 Å². The highest BCUT2D eigenvalue weighted by atomic mass is 32.1. The average molecular weight is 264 g/mol. The van der Waals surface area contributed by atoms with E-state index in [1.807, 2.05) is 0 Å². The fourth-order valence-electron chi connectivity index (χ4n) is 1.54. The van der Waals surface area contributed by atoms with Gasteiger partial charge in [0.25, 0.3) is 5.56 Å². The van der Waals surface area contributed by atoms with Crippen LogP contribution in [0.4, 0.5) is 5.13 Å². The van der Waals surface area contributed by atoms with E-state index < -0.39 is 0 Å². The molecule has 0 aromatic carbocycles. The molecule has 1 N–H and O–H groups in total. The van der Waals surface area contributed by atoms with Gasteiger partial charge in [-0.25, -0.2) is 9.97 Å². The minimum Gasteiger partial charge on any atom is -0.300 e. The van der Waals surface area contributed by atoms with Crippen molar-refractivity contribution in [2.24, 2.45) is 0 Å². The van der Waals surface area contributed by atoms with E-state index in [0.717, 1.165) is 0 Å². The number of hydrogen-bond donors (Lipinski definition) is 1. The molecule has 0 aliphatic heterocycles. The molecule has 0 aliphatic rings. The third-order valence-corrected chi connectivity index (χ3v) is 3.00. The second kappa shape index (κ2) is 5.09. The van der Waals surface area contributed by atoms with Crippen molar-refractivity contribution in [2.75, 3.05) is 5.32 Å². The molecular weight excluding hydrogens is 252 g/mol. The second-order valence-corrected chi connectivity index (χ2v) is 4.65. The molecule has 1 amide bonds. The van der Waals surface area contributed by atoms with Crippen LogP contribution in [0.1, 0.15) is 11.5 Å². The van der Waals surface area contributed by atoms with E-state index in [2.05, 4.69) is 15.3 Å². The molecule has 0 saturated carbocycles. The van der Waals surface area contributed by atoms with Gasteiger partial charge in [0.05, 0.1) is 0 Å². The maximum absolute atomic E-state index is 11.7. The Kier molecular flexibility index (Phi) is 3.52. The molecule has 2 rings (SSSR count). The van der Waals surface area contributed by atoms with Crippen LogP contribution in [-0.2, 0) is 11.3 Å². The highest BCUT2D eigenvalue weighted by Crippen LogP contribution is 2.09. The Morgan fingerprint density at radius 1 is 1.50 bits per heavy atom. The van der Waals surface area contributed by atoms with Gasteiger partial charge in [0.15, 0.2) is 5.13 Å². The normalized spacial score (nSPS) is 10.3. The van der Waals surface area contributed by atoms with Crippen molar-refractivity contribution < 1.29 is 4.79 Å². The summed E-state index contributed by atoms with van der Waals surface area (Å²) >= 11 is 1.33. The minimum absolute atomic E-state index is 0.0580. The Labute approximate surface area is 107 Å². The van der Waals surface area contributed by atoms with Crippen molar-refractivity contribution in [3.8, 4) is 0 Å². The molecule has 6 nitrogen and oxygen atoms in total. The molecule has 2 heterocycles. The molecule has 0 fully saturated rings. The molecule has 0 atom stereocenters. The van der Waals surface area contributed by atoms with Crippen LogP contribution in [0.5, 0.6) is 0 Å². The number of hydrogen-bond acceptors (Lipinski definition) is 5. The zero-order valence-electron chi connectivity index (χ0n) is 10.0. The predicted octanol–water partition coefficient (Wildman–Crippen LogP) is 0.955. The first-order valence-corrected chi connectivity index (χ1v) is 6.18. The van der Waals surface area contributed by atoms with Crippen LogP contribution in [0, 0.1) is 13.8 Å². The third-order valence-electron chi connectivity index (χ3n) is 2.31. The lowest BCUT2D eigenvalue weighted by Crippen LogP contribution is -2.29. The van der Waals surface area contributed by atoms with Gasteiger partial charge in [0, 0.05) is 23.3 Å². The number of amides is 1. The molecule has 94 valence electrons. The summed E-state index contributed by atoms with van der Waals surface area (Å²) in [5.41, 5.74) is 0.420. The smallest absolute Gasteiger partial charge is 0.254 e. The summed E-state index contributed by atoms with van der Waals surface area (Å²) in [6.45, 7) is 3.39. The molecule has 0 bridgehead atoms. The summed E-state index contributed by atoms with van der Waals surface area (Å²) in [5, 5.41) is 4.90. The van der Waals surface area contributed by atoms with Crippen LogP contribution in [-0.4, -0.2) is 20.4 Å². The Hall–Kier alpha value is -2.02. The average Bonchev–Trinajstić information content (AvgIpc) is 2.76. The van der Waals surface area contributed by atoms with Crippen molar-refractivity contribution >= 4 is 22.4 Å².